The number of alkyl halides is 3. The maximum atomic E-state index is 13.1. The van der Waals surface area contributed by atoms with E-state index in [1.54, 1.807) is 19.2 Å². The van der Waals surface area contributed by atoms with E-state index in [-0.39, 0.29) is 11.5 Å². The first kappa shape index (κ1) is 17.0. The summed E-state index contributed by atoms with van der Waals surface area (Å²) in [7, 11) is 1.72. The second-order valence-corrected chi connectivity index (χ2v) is 6.43. The molecule has 0 aliphatic rings. The van der Waals surface area contributed by atoms with Gasteiger partial charge in [-0.3, -0.25) is 0 Å². The molecule has 1 N–H and O–H groups in total. The fraction of sp³-hybridized carbons (Fsp3) is 0.625. The molecule has 1 rings (SSSR count). The third-order valence-electron chi connectivity index (χ3n) is 4.06. The average molecular weight is 287 g/mol. The van der Waals surface area contributed by atoms with Crippen molar-refractivity contribution in [3.63, 3.8) is 0 Å². The number of nitrogens with one attached hydrogen (secondary N) is 1. The van der Waals surface area contributed by atoms with Crippen molar-refractivity contribution in [3.8, 4) is 0 Å². The minimum Gasteiger partial charge on any atom is -0.313 e. The van der Waals surface area contributed by atoms with Crippen molar-refractivity contribution in [1.82, 2.24) is 5.32 Å². The van der Waals surface area contributed by atoms with Gasteiger partial charge in [0.2, 0.25) is 0 Å². The van der Waals surface area contributed by atoms with Gasteiger partial charge < -0.3 is 5.32 Å². The molecule has 1 aromatic carbocycles. The van der Waals surface area contributed by atoms with Crippen LogP contribution in [0.3, 0.4) is 0 Å². The van der Waals surface area contributed by atoms with E-state index in [9.17, 15) is 13.2 Å². The Kier molecular flexibility index (Phi) is 5.25. The number of benzene rings is 1. The van der Waals surface area contributed by atoms with Gasteiger partial charge in [0.1, 0.15) is 0 Å². The van der Waals surface area contributed by atoms with Gasteiger partial charge in [0.05, 0.1) is 5.56 Å². The summed E-state index contributed by atoms with van der Waals surface area (Å²) in [6.07, 6.45) is -3.64. The van der Waals surface area contributed by atoms with Crippen LogP contribution >= 0.6 is 0 Å². The highest BCUT2D eigenvalue weighted by Crippen LogP contribution is 2.38. The number of hydrogen-bond donors (Lipinski definition) is 1. The Morgan fingerprint density at radius 1 is 1.10 bits per heavy atom. The molecular formula is C16H24F3N. The van der Waals surface area contributed by atoms with Crippen LogP contribution in [-0.2, 0) is 6.18 Å². The van der Waals surface area contributed by atoms with Crippen LogP contribution < -0.4 is 5.32 Å². The molecule has 0 heterocycles. The predicted octanol–water partition coefficient (Wildman–Crippen LogP) is 5.04. The van der Waals surface area contributed by atoms with Gasteiger partial charge in [-0.05, 0) is 36.4 Å². The van der Waals surface area contributed by atoms with Crippen LogP contribution in [0.15, 0.2) is 24.3 Å². The lowest BCUT2D eigenvalue weighted by atomic mass is 9.77. The van der Waals surface area contributed by atoms with Crippen molar-refractivity contribution in [2.24, 2.45) is 11.3 Å². The summed E-state index contributed by atoms with van der Waals surface area (Å²) in [5.74, 6) is 0.307. The van der Waals surface area contributed by atoms with E-state index in [0.29, 0.717) is 17.9 Å². The molecule has 0 aliphatic carbocycles. The van der Waals surface area contributed by atoms with E-state index < -0.39 is 11.7 Å². The first-order valence-corrected chi connectivity index (χ1v) is 6.90. The van der Waals surface area contributed by atoms with Crippen molar-refractivity contribution < 1.29 is 13.2 Å². The van der Waals surface area contributed by atoms with E-state index in [2.05, 4.69) is 33.0 Å². The van der Waals surface area contributed by atoms with Crippen molar-refractivity contribution in [2.45, 2.75) is 46.3 Å². The molecule has 20 heavy (non-hydrogen) atoms. The van der Waals surface area contributed by atoms with Crippen molar-refractivity contribution in [2.75, 3.05) is 7.05 Å². The van der Waals surface area contributed by atoms with Crippen LogP contribution in [0.2, 0.25) is 0 Å². The molecule has 114 valence electrons. The van der Waals surface area contributed by atoms with Crippen LogP contribution in [0.5, 0.6) is 0 Å². The molecule has 1 aromatic rings. The molecular weight excluding hydrogens is 263 g/mol. The lowest BCUT2D eigenvalue weighted by Gasteiger charge is -2.31. The maximum Gasteiger partial charge on any atom is 0.416 e. The molecule has 0 amide bonds. The highest BCUT2D eigenvalue weighted by atomic mass is 19.4. The van der Waals surface area contributed by atoms with Crippen LogP contribution in [0.4, 0.5) is 13.2 Å². The highest BCUT2D eigenvalue weighted by Gasteiger charge is 2.35. The Morgan fingerprint density at radius 3 is 2.10 bits per heavy atom. The fourth-order valence-corrected chi connectivity index (χ4v) is 2.17. The molecule has 1 nitrogen and oxygen atoms in total. The maximum absolute atomic E-state index is 13.1. The molecule has 2 unspecified atom stereocenters. The molecule has 2 atom stereocenters. The fourth-order valence-electron chi connectivity index (χ4n) is 2.17. The Hall–Kier alpha value is -1.03. The van der Waals surface area contributed by atoms with Gasteiger partial charge in [-0.15, -0.1) is 0 Å². The van der Waals surface area contributed by atoms with Gasteiger partial charge in [-0.1, -0.05) is 45.9 Å². The molecule has 0 spiro atoms. The van der Waals surface area contributed by atoms with Gasteiger partial charge in [-0.2, -0.15) is 13.2 Å². The van der Waals surface area contributed by atoms with E-state index in [1.807, 2.05) is 0 Å². The summed E-state index contributed by atoms with van der Waals surface area (Å²) in [6, 6.07) is 5.53. The Labute approximate surface area is 119 Å². The number of hydrogen-bond acceptors (Lipinski definition) is 1. The summed E-state index contributed by atoms with van der Waals surface area (Å²) in [6.45, 7) is 8.42. The molecule has 0 bridgehead atoms. The first-order chi connectivity index (χ1) is 9.07. The Morgan fingerprint density at radius 2 is 1.65 bits per heavy atom. The highest BCUT2D eigenvalue weighted by molar-refractivity contribution is 5.32. The average Bonchev–Trinajstić information content (AvgIpc) is 2.33. The summed E-state index contributed by atoms with van der Waals surface area (Å²) < 4.78 is 39.3. The summed E-state index contributed by atoms with van der Waals surface area (Å²) in [5.41, 5.74) is -0.138. The molecule has 0 aliphatic heterocycles. The minimum absolute atomic E-state index is 0.0717. The lowest BCUT2D eigenvalue weighted by molar-refractivity contribution is -0.138. The summed E-state index contributed by atoms with van der Waals surface area (Å²) in [5, 5.41) is 3.03. The van der Waals surface area contributed by atoms with Gasteiger partial charge in [0, 0.05) is 6.04 Å². The normalized spacial score (nSPS) is 16.0. The van der Waals surface area contributed by atoms with Crippen molar-refractivity contribution in [1.29, 1.82) is 0 Å². The number of halogens is 3. The van der Waals surface area contributed by atoms with Crippen LogP contribution in [-0.4, -0.2) is 7.05 Å². The number of rotatable bonds is 4. The predicted molar refractivity (Wildman–Crippen MR) is 76.5 cm³/mol. The standard InChI is InChI=1S/C16H24F3N/c1-11(15(2,3)4)10-14(20-5)12-8-6-7-9-13(12)16(17,18)19/h6-9,11,14,20H,10H2,1-5H3. The van der Waals surface area contributed by atoms with Crippen LogP contribution in [0, 0.1) is 11.3 Å². The topological polar surface area (TPSA) is 12.0 Å². The van der Waals surface area contributed by atoms with Crippen molar-refractivity contribution >= 4 is 0 Å². The largest absolute Gasteiger partial charge is 0.416 e. The van der Waals surface area contributed by atoms with E-state index in [1.165, 1.54) is 6.07 Å². The van der Waals surface area contributed by atoms with E-state index in [0.717, 1.165) is 6.07 Å². The van der Waals surface area contributed by atoms with Crippen LogP contribution in [0.25, 0.3) is 0 Å². The SMILES string of the molecule is CNC(CC(C)C(C)(C)C)c1ccccc1C(F)(F)F. The van der Waals surface area contributed by atoms with E-state index in [4.69, 9.17) is 0 Å². The molecule has 0 aromatic heterocycles. The zero-order chi connectivity index (χ0) is 15.6. The molecule has 4 heteroatoms. The third-order valence-corrected chi connectivity index (χ3v) is 4.06. The zero-order valence-corrected chi connectivity index (χ0v) is 12.8. The van der Waals surface area contributed by atoms with Gasteiger partial charge in [-0.25, -0.2) is 0 Å². The summed E-state index contributed by atoms with van der Waals surface area (Å²) in [4.78, 5) is 0. The zero-order valence-electron chi connectivity index (χ0n) is 12.8. The monoisotopic (exact) mass is 287 g/mol. The van der Waals surface area contributed by atoms with Crippen molar-refractivity contribution in [3.05, 3.63) is 35.4 Å². The second kappa shape index (κ2) is 6.17. The van der Waals surface area contributed by atoms with Gasteiger partial charge in [0.25, 0.3) is 0 Å². The minimum atomic E-state index is -4.31. The van der Waals surface area contributed by atoms with Crippen LogP contribution in [0.1, 0.15) is 51.3 Å². The molecule has 0 fully saturated rings. The lowest BCUT2D eigenvalue weighted by Crippen LogP contribution is -2.27. The summed E-state index contributed by atoms with van der Waals surface area (Å²) >= 11 is 0. The second-order valence-electron chi connectivity index (χ2n) is 6.43. The third kappa shape index (κ3) is 4.23. The Bertz CT molecular complexity index is 432. The van der Waals surface area contributed by atoms with Gasteiger partial charge in [0.15, 0.2) is 0 Å². The smallest absolute Gasteiger partial charge is 0.313 e. The molecule has 0 saturated carbocycles. The first-order valence-electron chi connectivity index (χ1n) is 6.90. The van der Waals surface area contributed by atoms with Gasteiger partial charge >= 0.3 is 6.18 Å². The quantitative estimate of drug-likeness (QED) is 0.818. The Balaban J connectivity index is 3.08. The molecule has 0 saturated heterocycles. The molecule has 0 radical (unpaired) electrons. The van der Waals surface area contributed by atoms with E-state index >= 15 is 0 Å².